The van der Waals surface area contributed by atoms with E-state index in [9.17, 15) is 4.79 Å². The van der Waals surface area contributed by atoms with E-state index in [2.05, 4.69) is 23.5 Å². The second-order valence-electron chi connectivity index (χ2n) is 7.21. The first kappa shape index (κ1) is 14.7. The zero-order chi connectivity index (χ0) is 15.8. The maximum atomic E-state index is 12.8. The lowest BCUT2D eigenvalue weighted by Crippen LogP contribution is -2.48. The number of benzene rings is 2. The summed E-state index contributed by atoms with van der Waals surface area (Å²) in [4.78, 5) is 12.8. The van der Waals surface area contributed by atoms with Crippen LogP contribution in [-0.4, -0.2) is 11.9 Å². The van der Waals surface area contributed by atoms with Gasteiger partial charge in [-0.3, -0.25) is 4.79 Å². The fourth-order valence-electron chi connectivity index (χ4n) is 4.57. The molecule has 1 amide bonds. The number of hydrogen-bond acceptors (Lipinski definition) is 2. The number of carbonyl (C=O) groups excluding carboxylic acids is 1. The minimum Gasteiger partial charge on any atom is -0.327 e. The number of rotatable bonds is 2. The second-order valence-corrected chi connectivity index (χ2v) is 7.21. The van der Waals surface area contributed by atoms with E-state index >= 15 is 0 Å². The average molecular weight is 308 g/mol. The molecular weight excluding hydrogens is 284 g/mol. The van der Waals surface area contributed by atoms with Crippen LogP contribution in [0.5, 0.6) is 0 Å². The molecule has 120 valence electrons. The van der Waals surface area contributed by atoms with Crippen LogP contribution in [-0.2, 0) is 4.79 Å². The van der Waals surface area contributed by atoms with Crippen LogP contribution >= 0.6 is 0 Å². The van der Waals surface area contributed by atoms with Crippen LogP contribution in [0.1, 0.15) is 32.1 Å². The molecule has 3 nitrogen and oxygen atoms in total. The highest BCUT2D eigenvalue weighted by atomic mass is 16.1. The smallest absolute Gasteiger partial charge is 0.227 e. The Balaban J connectivity index is 1.53. The van der Waals surface area contributed by atoms with Gasteiger partial charge < -0.3 is 11.1 Å². The van der Waals surface area contributed by atoms with E-state index in [0.717, 1.165) is 29.3 Å². The summed E-state index contributed by atoms with van der Waals surface area (Å²) in [7, 11) is 0. The third kappa shape index (κ3) is 2.74. The molecule has 0 heterocycles. The first-order chi connectivity index (χ1) is 11.2. The molecule has 2 aromatic rings. The van der Waals surface area contributed by atoms with E-state index in [1.54, 1.807) is 0 Å². The van der Waals surface area contributed by atoms with Crippen molar-refractivity contribution < 1.29 is 4.79 Å². The summed E-state index contributed by atoms with van der Waals surface area (Å²) < 4.78 is 0. The lowest BCUT2D eigenvalue weighted by atomic mass is 9.65. The molecule has 0 aliphatic heterocycles. The first-order valence-corrected chi connectivity index (χ1v) is 8.76. The zero-order valence-corrected chi connectivity index (χ0v) is 13.4. The SMILES string of the molecule is NC1C2CCCC1CC(C(=O)Nc1cccc3ccccc13)C2. The van der Waals surface area contributed by atoms with Gasteiger partial charge >= 0.3 is 0 Å². The van der Waals surface area contributed by atoms with Crippen LogP contribution in [0.25, 0.3) is 10.8 Å². The molecule has 2 unspecified atom stereocenters. The number of fused-ring (bicyclic) bond motifs is 3. The van der Waals surface area contributed by atoms with Gasteiger partial charge in [-0.2, -0.15) is 0 Å². The van der Waals surface area contributed by atoms with Gasteiger partial charge in [-0.05, 0) is 49.0 Å². The Morgan fingerprint density at radius 3 is 2.48 bits per heavy atom. The minimum atomic E-state index is 0.115. The molecule has 2 atom stereocenters. The monoisotopic (exact) mass is 308 g/mol. The number of carbonyl (C=O) groups is 1. The third-order valence-corrected chi connectivity index (χ3v) is 5.83. The molecule has 2 aliphatic rings. The maximum absolute atomic E-state index is 12.8. The molecule has 3 N–H and O–H groups in total. The highest BCUT2D eigenvalue weighted by Gasteiger charge is 2.40. The van der Waals surface area contributed by atoms with Crippen molar-refractivity contribution >= 4 is 22.4 Å². The van der Waals surface area contributed by atoms with Crippen LogP contribution in [0.3, 0.4) is 0 Å². The molecule has 2 fully saturated rings. The Hall–Kier alpha value is -1.87. The van der Waals surface area contributed by atoms with Gasteiger partial charge in [0.05, 0.1) is 0 Å². The predicted octanol–water partition coefficient (Wildman–Crippen LogP) is 3.93. The first-order valence-electron chi connectivity index (χ1n) is 8.76. The second kappa shape index (κ2) is 5.97. The van der Waals surface area contributed by atoms with Crippen LogP contribution in [0, 0.1) is 17.8 Å². The van der Waals surface area contributed by atoms with E-state index < -0.39 is 0 Å². The van der Waals surface area contributed by atoms with Crippen molar-refractivity contribution in [3.05, 3.63) is 42.5 Å². The van der Waals surface area contributed by atoms with E-state index in [0.29, 0.717) is 17.9 Å². The van der Waals surface area contributed by atoms with Gasteiger partial charge in [0.25, 0.3) is 0 Å². The van der Waals surface area contributed by atoms with E-state index in [-0.39, 0.29) is 11.8 Å². The van der Waals surface area contributed by atoms with Gasteiger partial charge in [0.1, 0.15) is 0 Å². The molecule has 2 aliphatic carbocycles. The molecule has 23 heavy (non-hydrogen) atoms. The van der Waals surface area contributed by atoms with Crippen molar-refractivity contribution in [1.29, 1.82) is 0 Å². The van der Waals surface area contributed by atoms with Crippen molar-refractivity contribution in [2.75, 3.05) is 5.32 Å². The normalized spacial score (nSPS) is 30.1. The Morgan fingerprint density at radius 1 is 1.00 bits per heavy atom. The van der Waals surface area contributed by atoms with Gasteiger partial charge in [0.15, 0.2) is 0 Å². The summed E-state index contributed by atoms with van der Waals surface area (Å²) in [5.41, 5.74) is 7.27. The molecule has 2 saturated carbocycles. The van der Waals surface area contributed by atoms with Gasteiger partial charge in [-0.15, -0.1) is 0 Å². The molecule has 2 bridgehead atoms. The standard InChI is InChI=1S/C20H24N2O/c21-19-14-7-3-8-15(19)12-16(11-14)20(23)22-18-10-4-6-13-5-1-2-9-17(13)18/h1-2,4-6,9-10,14-16,19H,3,7-8,11-12,21H2,(H,22,23). The van der Waals surface area contributed by atoms with E-state index in [1.165, 1.54) is 19.3 Å². The number of nitrogens with two attached hydrogens (primary N) is 1. The Bertz CT molecular complexity index is 707. The number of hydrogen-bond donors (Lipinski definition) is 2. The highest BCUT2D eigenvalue weighted by molar-refractivity contribution is 6.02. The molecule has 0 radical (unpaired) electrons. The third-order valence-electron chi connectivity index (χ3n) is 5.83. The zero-order valence-electron chi connectivity index (χ0n) is 13.4. The van der Waals surface area contributed by atoms with Crippen LogP contribution in [0.15, 0.2) is 42.5 Å². The largest absolute Gasteiger partial charge is 0.327 e. The minimum absolute atomic E-state index is 0.115. The molecule has 0 aromatic heterocycles. The number of nitrogens with one attached hydrogen (secondary N) is 1. The van der Waals surface area contributed by atoms with E-state index in [4.69, 9.17) is 5.73 Å². The van der Waals surface area contributed by atoms with Crippen molar-refractivity contribution in [3.8, 4) is 0 Å². The quantitative estimate of drug-likeness (QED) is 0.883. The number of amides is 1. The lowest BCUT2D eigenvalue weighted by molar-refractivity contribution is -0.122. The fourth-order valence-corrected chi connectivity index (χ4v) is 4.57. The summed E-state index contributed by atoms with van der Waals surface area (Å²) >= 11 is 0. The van der Waals surface area contributed by atoms with Crippen molar-refractivity contribution in [2.24, 2.45) is 23.5 Å². The topological polar surface area (TPSA) is 55.1 Å². The van der Waals surface area contributed by atoms with Crippen LogP contribution in [0.4, 0.5) is 5.69 Å². The Kier molecular flexibility index (Phi) is 3.82. The summed E-state index contributed by atoms with van der Waals surface area (Å²) in [5, 5.41) is 5.45. The van der Waals surface area contributed by atoms with Gasteiger partial charge in [-0.1, -0.05) is 42.8 Å². The van der Waals surface area contributed by atoms with Crippen molar-refractivity contribution in [1.82, 2.24) is 0 Å². The fraction of sp³-hybridized carbons (Fsp3) is 0.450. The molecule has 0 saturated heterocycles. The molecule has 0 spiro atoms. The summed E-state index contributed by atoms with van der Waals surface area (Å²) in [6.07, 6.45) is 5.56. The molecular formula is C20H24N2O. The molecule has 4 rings (SSSR count). The van der Waals surface area contributed by atoms with Gasteiger partial charge in [-0.25, -0.2) is 0 Å². The van der Waals surface area contributed by atoms with Gasteiger partial charge in [0, 0.05) is 23.0 Å². The predicted molar refractivity (Wildman–Crippen MR) is 94.1 cm³/mol. The average Bonchev–Trinajstić information content (AvgIpc) is 2.55. The van der Waals surface area contributed by atoms with E-state index in [1.807, 2.05) is 24.3 Å². The number of anilines is 1. The summed E-state index contributed by atoms with van der Waals surface area (Å²) in [6.45, 7) is 0. The van der Waals surface area contributed by atoms with Crippen molar-refractivity contribution in [3.63, 3.8) is 0 Å². The maximum Gasteiger partial charge on any atom is 0.227 e. The molecule has 2 aromatic carbocycles. The lowest BCUT2D eigenvalue weighted by Gasteiger charge is -2.43. The van der Waals surface area contributed by atoms with Crippen LogP contribution < -0.4 is 11.1 Å². The molecule has 3 heteroatoms. The Labute approximate surface area is 137 Å². The summed E-state index contributed by atoms with van der Waals surface area (Å²) in [6, 6.07) is 14.6. The summed E-state index contributed by atoms with van der Waals surface area (Å²) in [5.74, 6) is 1.35. The highest BCUT2D eigenvalue weighted by Crippen LogP contribution is 2.42. The van der Waals surface area contributed by atoms with Crippen molar-refractivity contribution in [2.45, 2.75) is 38.1 Å². The van der Waals surface area contributed by atoms with Gasteiger partial charge in [0.2, 0.25) is 5.91 Å². The Morgan fingerprint density at radius 2 is 1.70 bits per heavy atom. The van der Waals surface area contributed by atoms with Crippen LogP contribution in [0.2, 0.25) is 0 Å².